The van der Waals surface area contributed by atoms with Crippen molar-refractivity contribution in [3.8, 4) is 0 Å². The van der Waals surface area contributed by atoms with E-state index in [9.17, 15) is 18.8 Å². The fourth-order valence-corrected chi connectivity index (χ4v) is 2.90. The van der Waals surface area contributed by atoms with Crippen LogP contribution in [0.3, 0.4) is 0 Å². The van der Waals surface area contributed by atoms with Gasteiger partial charge in [0.1, 0.15) is 5.82 Å². The molecule has 0 aromatic heterocycles. The zero-order valence-electron chi connectivity index (χ0n) is 14.5. The van der Waals surface area contributed by atoms with Gasteiger partial charge in [0.15, 0.2) is 5.78 Å². The smallest absolute Gasteiger partial charge is 0.251 e. The molecular formula is C19H19FN2O3S. The number of nitrogens with one attached hydrogen (secondary N) is 2. The first-order valence-electron chi connectivity index (χ1n) is 8.02. The van der Waals surface area contributed by atoms with Gasteiger partial charge in [0.25, 0.3) is 5.91 Å². The normalized spacial score (nSPS) is 10.3. The maximum Gasteiger partial charge on any atom is 0.251 e. The van der Waals surface area contributed by atoms with Gasteiger partial charge in [0.2, 0.25) is 5.91 Å². The molecule has 0 aliphatic heterocycles. The molecule has 0 saturated carbocycles. The number of anilines is 1. The van der Waals surface area contributed by atoms with Gasteiger partial charge in [-0.3, -0.25) is 14.4 Å². The van der Waals surface area contributed by atoms with Crippen LogP contribution < -0.4 is 10.6 Å². The van der Waals surface area contributed by atoms with E-state index in [0.717, 1.165) is 11.8 Å². The van der Waals surface area contributed by atoms with E-state index in [0.29, 0.717) is 28.3 Å². The van der Waals surface area contributed by atoms with Gasteiger partial charge in [-0.05, 0) is 44.2 Å². The number of hydrogen-bond donors (Lipinski definition) is 2. The molecule has 0 atom stereocenters. The van der Waals surface area contributed by atoms with Gasteiger partial charge in [0.05, 0.1) is 5.75 Å². The third-order valence-electron chi connectivity index (χ3n) is 3.44. The summed E-state index contributed by atoms with van der Waals surface area (Å²) in [6.45, 7) is 3.70. The van der Waals surface area contributed by atoms with Gasteiger partial charge in [-0.15, -0.1) is 11.8 Å². The van der Waals surface area contributed by atoms with E-state index in [-0.39, 0.29) is 23.4 Å². The highest BCUT2D eigenvalue weighted by molar-refractivity contribution is 8.00. The lowest BCUT2D eigenvalue weighted by Gasteiger charge is -2.08. The molecule has 26 heavy (non-hydrogen) atoms. The number of thioether (sulfide) groups is 1. The fraction of sp³-hybridized carbons (Fsp3) is 0.211. The number of ketones is 1. The van der Waals surface area contributed by atoms with E-state index in [1.165, 1.54) is 25.1 Å². The van der Waals surface area contributed by atoms with Crippen molar-refractivity contribution in [2.45, 2.75) is 18.7 Å². The first-order valence-corrected chi connectivity index (χ1v) is 9.00. The number of amides is 2. The van der Waals surface area contributed by atoms with E-state index >= 15 is 0 Å². The summed E-state index contributed by atoms with van der Waals surface area (Å²) >= 11 is 1.04. The third-order valence-corrected chi connectivity index (χ3v) is 4.49. The minimum atomic E-state index is -0.534. The highest BCUT2D eigenvalue weighted by Gasteiger charge is 2.11. The van der Waals surface area contributed by atoms with Crippen molar-refractivity contribution in [3.05, 3.63) is 59.4 Å². The van der Waals surface area contributed by atoms with Gasteiger partial charge in [-0.25, -0.2) is 4.39 Å². The largest absolute Gasteiger partial charge is 0.352 e. The van der Waals surface area contributed by atoms with Crippen LogP contribution in [0.15, 0.2) is 47.4 Å². The van der Waals surface area contributed by atoms with E-state index < -0.39 is 5.82 Å². The van der Waals surface area contributed by atoms with Crippen molar-refractivity contribution in [3.63, 3.8) is 0 Å². The predicted octanol–water partition coefficient (Wildman–Crippen LogP) is 3.51. The minimum absolute atomic E-state index is 0.00171. The molecule has 0 unspecified atom stereocenters. The van der Waals surface area contributed by atoms with Gasteiger partial charge in [-0.2, -0.15) is 0 Å². The Hall–Kier alpha value is -2.67. The predicted molar refractivity (Wildman–Crippen MR) is 100 cm³/mol. The van der Waals surface area contributed by atoms with Gasteiger partial charge >= 0.3 is 0 Å². The summed E-state index contributed by atoms with van der Waals surface area (Å²) in [4.78, 5) is 35.4. The molecule has 0 aliphatic rings. The van der Waals surface area contributed by atoms with Crippen LogP contribution >= 0.6 is 11.8 Å². The Morgan fingerprint density at radius 1 is 1.08 bits per heavy atom. The molecule has 0 bridgehead atoms. The zero-order chi connectivity index (χ0) is 19.1. The summed E-state index contributed by atoms with van der Waals surface area (Å²) in [5.74, 6) is -1.29. The third kappa shape index (κ3) is 5.42. The molecule has 7 heteroatoms. The number of halogens is 1. The minimum Gasteiger partial charge on any atom is -0.352 e. The van der Waals surface area contributed by atoms with Crippen LogP contribution in [0.5, 0.6) is 0 Å². The number of carbonyl (C=O) groups excluding carboxylic acids is 3. The molecule has 0 spiro atoms. The molecule has 2 rings (SSSR count). The number of benzene rings is 2. The van der Waals surface area contributed by atoms with Crippen LogP contribution in [0.2, 0.25) is 0 Å². The van der Waals surface area contributed by atoms with Crippen molar-refractivity contribution in [2.75, 3.05) is 17.6 Å². The molecule has 2 aromatic carbocycles. The highest BCUT2D eigenvalue weighted by atomic mass is 32.2. The van der Waals surface area contributed by atoms with Crippen molar-refractivity contribution < 1.29 is 18.8 Å². The maximum atomic E-state index is 14.0. The monoisotopic (exact) mass is 374 g/mol. The van der Waals surface area contributed by atoms with E-state index in [2.05, 4.69) is 10.6 Å². The van der Waals surface area contributed by atoms with Crippen molar-refractivity contribution >= 4 is 35.0 Å². The van der Waals surface area contributed by atoms with Crippen molar-refractivity contribution in [1.29, 1.82) is 0 Å². The summed E-state index contributed by atoms with van der Waals surface area (Å²) < 4.78 is 14.0. The maximum absolute atomic E-state index is 14.0. The summed E-state index contributed by atoms with van der Waals surface area (Å²) in [6.07, 6.45) is 0. The Kier molecular flexibility index (Phi) is 6.91. The summed E-state index contributed by atoms with van der Waals surface area (Å²) in [6, 6.07) is 10.8. The number of carbonyl (C=O) groups is 3. The second-order valence-electron chi connectivity index (χ2n) is 5.48. The second kappa shape index (κ2) is 9.15. The van der Waals surface area contributed by atoms with Crippen molar-refractivity contribution in [1.82, 2.24) is 5.32 Å². The van der Waals surface area contributed by atoms with Crippen molar-refractivity contribution in [2.24, 2.45) is 0 Å². The first-order chi connectivity index (χ1) is 12.4. The molecule has 0 fully saturated rings. The fourth-order valence-electron chi connectivity index (χ4n) is 2.18. The van der Waals surface area contributed by atoms with Crippen LogP contribution in [0.4, 0.5) is 10.1 Å². The summed E-state index contributed by atoms with van der Waals surface area (Å²) in [5, 5.41) is 5.37. The zero-order valence-corrected chi connectivity index (χ0v) is 15.3. The second-order valence-corrected chi connectivity index (χ2v) is 6.50. The van der Waals surface area contributed by atoms with E-state index in [1.807, 2.05) is 6.92 Å². The van der Waals surface area contributed by atoms with E-state index in [1.54, 1.807) is 24.3 Å². The van der Waals surface area contributed by atoms with Crippen LogP contribution in [0.1, 0.15) is 34.6 Å². The van der Waals surface area contributed by atoms with Crippen LogP contribution in [-0.2, 0) is 4.79 Å². The molecule has 0 aliphatic carbocycles. The standard InChI is InChI=1S/C19H19FN2O3S/c1-3-21-19(25)14-5-4-6-15(9-14)22-18(24)11-26-17-8-7-13(12(2)23)10-16(17)20/h4-10H,3,11H2,1-2H3,(H,21,25)(H,22,24). The lowest BCUT2D eigenvalue weighted by Crippen LogP contribution is -2.23. The molecule has 0 heterocycles. The molecule has 2 N–H and O–H groups in total. The topological polar surface area (TPSA) is 75.3 Å². The van der Waals surface area contributed by atoms with Crippen LogP contribution in [-0.4, -0.2) is 29.9 Å². The number of hydrogen-bond acceptors (Lipinski definition) is 4. The van der Waals surface area contributed by atoms with Gasteiger partial charge in [0, 0.05) is 28.3 Å². The first kappa shape index (κ1) is 19.7. The Labute approximate surface area is 155 Å². The molecule has 136 valence electrons. The molecule has 2 amide bonds. The van der Waals surface area contributed by atoms with Gasteiger partial charge in [-0.1, -0.05) is 12.1 Å². The highest BCUT2D eigenvalue weighted by Crippen LogP contribution is 2.23. The summed E-state index contributed by atoms with van der Waals surface area (Å²) in [5.41, 5.74) is 1.23. The Balaban J connectivity index is 1.96. The lowest BCUT2D eigenvalue weighted by molar-refractivity contribution is -0.113. The quantitative estimate of drug-likeness (QED) is 0.574. The molecule has 0 radical (unpaired) electrons. The lowest BCUT2D eigenvalue weighted by atomic mass is 10.1. The molecular weight excluding hydrogens is 355 g/mol. The SMILES string of the molecule is CCNC(=O)c1cccc(NC(=O)CSc2ccc(C(C)=O)cc2F)c1. The van der Waals surface area contributed by atoms with Gasteiger partial charge < -0.3 is 10.6 Å². The summed E-state index contributed by atoms with van der Waals surface area (Å²) in [7, 11) is 0. The average molecular weight is 374 g/mol. The van der Waals surface area contributed by atoms with E-state index in [4.69, 9.17) is 0 Å². The number of Topliss-reactive ketones (excluding diaryl/α,β-unsaturated/α-hetero) is 1. The Morgan fingerprint density at radius 2 is 1.85 bits per heavy atom. The molecule has 2 aromatic rings. The molecule has 0 saturated heterocycles. The van der Waals surface area contributed by atoms with Crippen LogP contribution in [0.25, 0.3) is 0 Å². The molecule has 5 nitrogen and oxygen atoms in total. The Bertz CT molecular complexity index is 839. The average Bonchev–Trinajstić information content (AvgIpc) is 2.61. The Morgan fingerprint density at radius 3 is 2.50 bits per heavy atom. The van der Waals surface area contributed by atoms with Crippen LogP contribution in [0, 0.1) is 5.82 Å². The number of rotatable bonds is 7.